The molecule has 1 fully saturated rings. The molecule has 1 N–H and O–H groups in total. The Morgan fingerprint density at radius 3 is 2.54 bits per heavy atom. The second-order valence-electron chi connectivity index (χ2n) is 5.95. The zero-order valence-corrected chi connectivity index (χ0v) is 16.0. The number of aryl methyl sites for hydroxylation is 1. The first-order valence-corrected chi connectivity index (χ1v) is 9.54. The summed E-state index contributed by atoms with van der Waals surface area (Å²) in [4.78, 5) is 26.7. The summed E-state index contributed by atoms with van der Waals surface area (Å²) in [5.74, 6) is 0.00951. The number of rotatable bonds is 3. The first-order valence-electron chi connectivity index (χ1n) is 8.11. The van der Waals surface area contributed by atoms with Gasteiger partial charge >= 0.3 is 12.0 Å². The number of hydrogen-bond donors (Lipinski definition) is 1. The van der Waals surface area contributed by atoms with Crippen molar-refractivity contribution in [1.29, 1.82) is 0 Å². The van der Waals surface area contributed by atoms with Crippen LogP contribution in [0.3, 0.4) is 0 Å². The first-order chi connectivity index (χ1) is 12.5. The smallest absolute Gasteiger partial charge is 0.329 e. The van der Waals surface area contributed by atoms with Crippen molar-refractivity contribution in [2.45, 2.75) is 18.3 Å². The molecule has 0 radical (unpaired) electrons. The zero-order chi connectivity index (χ0) is 18.7. The summed E-state index contributed by atoms with van der Waals surface area (Å²) < 4.78 is 4.89. The van der Waals surface area contributed by atoms with Crippen molar-refractivity contribution in [3.05, 3.63) is 64.7 Å². The number of halogens is 1. The largest absolute Gasteiger partial charge is 0.467 e. The molecule has 7 heteroatoms. The molecule has 2 unspecified atom stereocenters. The second-order valence-corrected chi connectivity index (χ2v) is 7.47. The molecular weight excluding hydrogens is 372 g/mol. The van der Waals surface area contributed by atoms with Crippen LogP contribution in [0.15, 0.2) is 48.5 Å². The summed E-state index contributed by atoms with van der Waals surface area (Å²) in [6, 6.07) is 13.8. The summed E-state index contributed by atoms with van der Waals surface area (Å²) in [6.45, 7) is 1.98. The summed E-state index contributed by atoms with van der Waals surface area (Å²) in [5.41, 5.74) is 2.56. The molecule has 26 heavy (non-hydrogen) atoms. The van der Waals surface area contributed by atoms with E-state index in [9.17, 15) is 9.59 Å². The lowest BCUT2D eigenvalue weighted by molar-refractivity contribution is -0.144. The lowest BCUT2D eigenvalue weighted by Crippen LogP contribution is -2.45. The number of carbonyl (C=O) groups excluding carboxylic acids is 2. The number of hydrogen-bond acceptors (Lipinski definition) is 4. The predicted octanol–water partition coefficient (Wildman–Crippen LogP) is 4.47. The number of benzene rings is 2. The average Bonchev–Trinajstić information content (AvgIpc) is 3.08. The summed E-state index contributed by atoms with van der Waals surface area (Å²) in [6.07, 6.45) is 0. The van der Waals surface area contributed by atoms with Crippen LogP contribution in [-0.4, -0.2) is 35.8 Å². The van der Waals surface area contributed by atoms with E-state index in [0.717, 1.165) is 11.1 Å². The predicted molar refractivity (Wildman–Crippen MR) is 104 cm³/mol. The van der Waals surface area contributed by atoms with E-state index >= 15 is 0 Å². The van der Waals surface area contributed by atoms with Gasteiger partial charge < -0.3 is 10.1 Å². The van der Waals surface area contributed by atoms with Gasteiger partial charge in [-0.15, -0.1) is 11.8 Å². The SMILES string of the molecule is COC(=O)C1CSC(c2ccccc2Cl)N1C(=O)Nc1ccc(C)cc1. The van der Waals surface area contributed by atoms with Gasteiger partial charge in [-0.25, -0.2) is 9.59 Å². The number of urea groups is 1. The molecule has 0 bridgehead atoms. The van der Waals surface area contributed by atoms with E-state index in [1.54, 1.807) is 6.07 Å². The Kier molecular flexibility index (Phi) is 5.74. The molecule has 0 aromatic heterocycles. The molecule has 2 aromatic rings. The lowest BCUT2D eigenvalue weighted by atomic mass is 10.2. The van der Waals surface area contributed by atoms with Crippen LogP contribution in [0, 0.1) is 6.92 Å². The fraction of sp³-hybridized carbons (Fsp3) is 0.263. The number of nitrogens with one attached hydrogen (secondary N) is 1. The third-order valence-corrected chi connectivity index (χ3v) is 5.83. The molecule has 0 aliphatic carbocycles. The minimum absolute atomic E-state index is 0.362. The molecule has 0 saturated carbocycles. The lowest BCUT2D eigenvalue weighted by Gasteiger charge is -2.28. The number of esters is 1. The monoisotopic (exact) mass is 390 g/mol. The van der Waals surface area contributed by atoms with Crippen LogP contribution < -0.4 is 5.32 Å². The zero-order valence-electron chi connectivity index (χ0n) is 14.4. The molecule has 0 spiro atoms. The number of ether oxygens (including phenoxy) is 1. The molecule has 3 rings (SSSR count). The van der Waals surface area contributed by atoms with Gasteiger partial charge in [-0.2, -0.15) is 0 Å². The van der Waals surface area contributed by atoms with Gasteiger partial charge in [-0.3, -0.25) is 4.90 Å². The van der Waals surface area contributed by atoms with Crippen LogP contribution in [0.2, 0.25) is 5.02 Å². The van der Waals surface area contributed by atoms with Crippen molar-refractivity contribution in [2.75, 3.05) is 18.2 Å². The molecule has 1 aliphatic heterocycles. The molecule has 136 valence electrons. The van der Waals surface area contributed by atoms with E-state index in [-0.39, 0.29) is 11.4 Å². The Morgan fingerprint density at radius 2 is 1.88 bits per heavy atom. The van der Waals surface area contributed by atoms with Crippen molar-refractivity contribution in [3.63, 3.8) is 0 Å². The molecule has 2 aromatic carbocycles. The normalized spacial score (nSPS) is 19.3. The number of anilines is 1. The number of carbonyl (C=O) groups is 2. The summed E-state index contributed by atoms with van der Waals surface area (Å²) in [5, 5.41) is 3.06. The fourth-order valence-corrected chi connectivity index (χ4v) is 4.57. The third kappa shape index (κ3) is 3.81. The Hall–Kier alpha value is -2.18. The number of nitrogens with zero attached hydrogens (tertiary/aromatic N) is 1. The number of thioether (sulfide) groups is 1. The highest BCUT2D eigenvalue weighted by molar-refractivity contribution is 7.99. The van der Waals surface area contributed by atoms with Gasteiger partial charge in [-0.1, -0.05) is 47.5 Å². The highest BCUT2D eigenvalue weighted by Gasteiger charge is 2.43. The van der Waals surface area contributed by atoms with E-state index in [1.165, 1.54) is 23.8 Å². The Balaban J connectivity index is 1.90. The maximum atomic E-state index is 13.0. The molecule has 2 amide bonds. The van der Waals surface area contributed by atoms with Crippen molar-refractivity contribution in [2.24, 2.45) is 0 Å². The van der Waals surface area contributed by atoms with Crippen LogP contribution >= 0.6 is 23.4 Å². The topological polar surface area (TPSA) is 58.6 Å². The van der Waals surface area contributed by atoms with Gasteiger partial charge in [-0.05, 0) is 25.1 Å². The molecule has 5 nitrogen and oxygen atoms in total. The minimum Gasteiger partial charge on any atom is -0.467 e. The van der Waals surface area contributed by atoms with E-state index in [4.69, 9.17) is 16.3 Å². The van der Waals surface area contributed by atoms with Gasteiger partial charge in [0.2, 0.25) is 0 Å². The highest BCUT2D eigenvalue weighted by atomic mass is 35.5. The van der Waals surface area contributed by atoms with Crippen LogP contribution in [-0.2, 0) is 9.53 Å². The van der Waals surface area contributed by atoms with Crippen LogP contribution in [0.25, 0.3) is 0 Å². The van der Waals surface area contributed by atoms with Gasteiger partial charge in [0.15, 0.2) is 0 Å². The fourth-order valence-electron chi connectivity index (χ4n) is 2.81. The van der Waals surface area contributed by atoms with E-state index in [2.05, 4.69) is 5.32 Å². The molecule has 1 aliphatic rings. The van der Waals surface area contributed by atoms with Gasteiger partial charge in [0.25, 0.3) is 0 Å². The van der Waals surface area contributed by atoms with Crippen molar-refractivity contribution >= 4 is 41.1 Å². The number of methoxy groups -OCH3 is 1. The molecule has 2 atom stereocenters. The quantitative estimate of drug-likeness (QED) is 0.785. The van der Waals surface area contributed by atoms with E-state index in [0.29, 0.717) is 16.5 Å². The van der Waals surface area contributed by atoms with Gasteiger partial charge in [0.05, 0.1) is 7.11 Å². The maximum absolute atomic E-state index is 13.0. The highest BCUT2D eigenvalue weighted by Crippen LogP contribution is 2.44. The summed E-state index contributed by atoms with van der Waals surface area (Å²) in [7, 11) is 1.33. The summed E-state index contributed by atoms with van der Waals surface area (Å²) >= 11 is 7.82. The van der Waals surface area contributed by atoms with Gasteiger partial charge in [0, 0.05) is 22.0 Å². The van der Waals surface area contributed by atoms with Crippen LogP contribution in [0.1, 0.15) is 16.5 Å². The third-order valence-electron chi connectivity index (χ3n) is 4.18. The molecule has 1 heterocycles. The van der Waals surface area contributed by atoms with Crippen LogP contribution in [0.4, 0.5) is 10.5 Å². The van der Waals surface area contributed by atoms with Crippen LogP contribution in [0.5, 0.6) is 0 Å². The van der Waals surface area contributed by atoms with Gasteiger partial charge in [0.1, 0.15) is 11.4 Å². The Morgan fingerprint density at radius 1 is 1.19 bits per heavy atom. The molecular formula is C19H19ClN2O3S. The first kappa shape index (κ1) is 18.6. The Bertz CT molecular complexity index is 813. The van der Waals surface area contributed by atoms with Crippen molar-refractivity contribution in [3.8, 4) is 0 Å². The number of amides is 2. The standard InChI is InChI=1S/C19H19ClN2O3S/c1-12-7-9-13(10-8-12)21-19(24)22-16(18(23)25-2)11-26-17(22)14-5-3-4-6-15(14)20/h3-10,16-17H,11H2,1-2H3,(H,21,24). The molecule has 1 saturated heterocycles. The van der Waals surface area contributed by atoms with E-state index in [1.807, 2.05) is 49.4 Å². The second kappa shape index (κ2) is 8.01. The minimum atomic E-state index is -0.670. The average molecular weight is 391 g/mol. The maximum Gasteiger partial charge on any atom is 0.329 e. The van der Waals surface area contributed by atoms with Crippen molar-refractivity contribution < 1.29 is 14.3 Å². The van der Waals surface area contributed by atoms with Crippen molar-refractivity contribution in [1.82, 2.24) is 4.90 Å². The Labute approximate surface area is 161 Å². The van der Waals surface area contributed by atoms with E-state index < -0.39 is 12.0 Å².